The molecule has 0 bridgehead atoms. The smallest absolute Gasteiger partial charge is 0.331 e. The molecule has 28 heavy (non-hydrogen) atoms. The molecule has 1 fully saturated rings. The van der Waals surface area contributed by atoms with E-state index in [0.717, 1.165) is 21.8 Å². The van der Waals surface area contributed by atoms with Gasteiger partial charge in [-0.25, -0.2) is 4.79 Å². The van der Waals surface area contributed by atoms with Crippen LogP contribution in [0.1, 0.15) is 24.0 Å². The topological polar surface area (TPSA) is 72.9 Å². The Hall–Kier alpha value is -3.41. The van der Waals surface area contributed by atoms with E-state index < -0.39 is 18.5 Å². The number of benzene rings is 2. The summed E-state index contributed by atoms with van der Waals surface area (Å²) in [7, 11) is 0. The highest BCUT2D eigenvalue weighted by Crippen LogP contribution is 2.15. The van der Waals surface area contributed by atoms with E-state index in [9.17, 15) is 14.4 Å². The first-order chi connectivity index (χ1) is 13.6. The zero-order valence-corrected chi connectivity index (χ0v) is 15.4. The van der Waals surface area contributed by atoms with Gasteiger partial charge < -0.3 is 9.47 Å². The number of hydrogen-bond donors (Lipinski definition) is 0. The van der Waals surface area contributed by atoms with Crippen LogP contribution in [0.2, 0.25) is 0 Å². The minimum absolute atomic E-state index is 0.217. The normalized spacial score (nSPS) is 13.7. The van der Waals surface area contributed by atoms with Crippen molar-refractivity contribution in [1.29, 1.82) is 0 Å². The van der Waals surface area contributed by atoms with Crippen LogP contribution >= 0.6 is 0 Å². The summed E-state index contributed by atoms with van der Waals surface area (Å²) < 4.78 is 10.6. The molecular weight excluding hydrogens is 358 g/mol. The highest BCUT2D eigenvalue weighted by molar-refractivity contribution is 5.98. The van der Waals surface area contributed by atoms with Crippen LogP contribution in [0, 0.1) is 0 Å². The van der Waals surface area contributed by atoms with Crippen LogP contribution < -0.4 is 4.74 Å². The highest BCUT2D eigenvalue weighted by Gasteiger charge is 2.26. The fraction of sp³-hybridized carbons (Fsp3) is 0.227. The van der Waals surface area contributed by atoms with Crippen molar-refractivity contribution < 1.29 is 23.9 Å². The second-order valence-electron chi connectivity index (χ2n) is 6.33. The van der Waals surface area contributed by atoms with Gasteiger partial charge in [0.1, 0.15) is 12.4 Å². The van der Waals surface area contributed by atoms with Crippen molar-refractivity contribution in [1.82, 2.24) is 4.90 Å². The predicted molar refractivity (Wildman–Crippen MR) is 103 cm³/mol. The Morgan fingerprint density at radius 1 is 1.04 bits per heavy atom. The van der Waals surface area contributed by atoms with E-state index in [4.69, 9.17) is 9.47 Å². The zero-order valence-electron chi connectivity index (χ0n) is 15.4. The van der Waals surface area contributed by atoms with Crippen LogP contribution in [0.25, 0.3) is 6.08 Å². The van der Waals surface area contributed by atoms with E-state index in [-0.39, 0.29) is 5.91 Å². The van der Waals surface area contributed by atoms with E-state index in [1.165, 1.54) is 6.08 Å². The lowest BCUT2D eigenvalue weighted by molar-refractivity contribution is -0.151. The molecule has 0 aromatic heterocycles. The summed E-state index contributed by atoms with van der Waals surface area (Å²) in [6.45, 7) is 0.445. The first-order valence-electron chi connectivity index (χ1n) is 9.06. The molecule has 0 atom stereocenters. The van der Waals surface area contributed by atoms with Crippen LogP contribution in [0.5, 0.6) is 5.75 Å². The van der Waals surface area contributed by atoms with Crippen molar-refractivity contribution in [3.05, 3.63) is 71.8 Å². The molecule has 144 valence electrons. The quantitative estimate of drug-likeness (QED) is 0.546. The Labute approximate surface area is 163 Å². The van der Waals surface area contributed by atoms with Crippen LogP contribution in [0.4, 0.5) is 0 Å². The van der Waals surface area contributed by atoms with Crippen molar-refractivity contribution in [2.24, 2.45) is 0 Å². The van der Waals surface area contributed by atoms with Gasteiger partial charge in [-0.3, -0.25) is 14.5 Å². The number of rotatable bonds is 7. The maximum absolute atomic E-state index is 11.8. The Morgan fingerprint density at radius 3 is 2.46 bits per heavy atom. The van der Waals surface area contributed by atoms with Gasteiger partial charge in [0.2, 0.25) is 5.91 Å². The van der Waals surface area contributed by atoms with Crippen LogP contribution in [0.15, 0.2) is 60.7 Å². The third kappa shape index (κ3) is 5.54. The minimum atomic E-state index is -0.635. The average molecular weight is 379 g/mol. The molecule has 2 aromatic carbocycles. The molecule has 0 unspecified atom stereocenters. The second-order valence-corrected chi connectivity index (χ2v) is 6.33. The van der Waals surface area contributed by atoms with E-state index in [1.54, 1.807) is 6.08 Å². The molecule has 6 heteroatoms. The summed E-state index contributed by atoms with van der Waals surface area (Å²) in [5.74, 6) is -0.607. The molecule has 1 aliphatic heterocycles. The first-order valence-corrected chi connectivity index (χ1v) is 9.06. The summed E-state index contributed by atoms with van der Waals surface area (Å²) in [5.41, 5.74) is 1.88. The van der Waals surface area contributed by atoms with Gasteiger partial charge in [0.25, 0.3) is 5.91 Å². The number of nitrogens with zero attached hydrogens (tertiary/aromatic N) is 1. The lowest BCUT2D eigenvalue weighted by Gasteiger charge is -2.12. The molecule has 1 heterocycles. The predicted octanol–water partition coefficient (Wildman–Crippen LogP) is 2.97. The molecule has 1 aliphatic rings. The Bertz CT molecular complexity index is 858. The van der Waals surface area contributed by atoms with Crippen molar-refractivity contribution in [3.8, 4) is 5.75 Å². The fourth-order valence-electron chi connectivity index (χ4n) is 2.75. The van der Waals surface area contributed by atoms with Gasteiger partial charge in [-0.05, 0) is 35.8 Å². The van der Waals surface area contributed by atoms with E-state index in [1.807, 2.05) is 54.6 Å². The third-order valence-electron chi connectivity index (χ3n) is 4.25. The summed E-state index contributed by atoms with van der Waals surface area (Å²) >= 11 is 0. The lowest BCUT2D eigenvalue weighted by Crippen LogP contribution is -2.35. The standard InChI is InChI=1S/C22H21NO5/c24-20-7-4-14-23(20)21(25)16-28-22(26)13-10-17-8-11-19(12-9-17)27-15-18-5-2-1-3-6-18/h1-3,5-6,8-13H,4,7,14-16H2/b13-10+. The number of carbonyl (C=O) groups excluding carboxylic acids is 3. The molecule has 6 nitrogen and oxygen atoms in total. The van der Waals surface area contributed by atoms with Gasteiger partial charge in [0, 0.05) is 19.0 Å². The SMILES string of the molecule is O=C(/C=C/c1ccc(OCc2ccccc2)cc1)OCC(=O)N1CCCC1=O. The van der Waals surface area contributed by atoms with Crippen LogP contribution in [-0.4, -0.2) is 35.8 Å². The average Bonchev–Trinajstić information content (AvgIpc) is 3.16. The van der Waals surface area contributed by atoms with Crippen molar-refractivity contribution >= 4 is 23.9 Å². The first kappa shape index (κ1) is 19.4. The Morgan fingerprint density at radius 2 is 1.79 bits per heavy atom. The van der Waals surface area contributed by atoms with Gasteiger partial charge in [0.15, 0.2) is 6.61 Å². The molecule has 0 aliphatic carbocycles. The number of imide groups is 1. The Balaban J connectivity index is 1.44. The van der Waals surface area contributed by atoms with E-state index in [2.05, 4.69) is 0 Å². The molecule has 1 saturated heterocycles. The number of esters is 1. The maximum atomic E-state index is 11.8. The van der Waals surface area contributed by atoms with Gasteiger partial charge in [0.05, 0.1) is 0 Å². The van der Waals surface area contributed by atoms with Gasteiger partial charge in [-0.2, -0.15) is 0 Å². The molecule has 0 radical (unpaired) electrons. The van der Waals surface area contributed by atoms with E-state index in [0.29, 0.717) is 26.0 Å². The second kappa shape index (κ2) is 9.50. The number of likely N-dealkylation sites (tertiary alicyclic amines) is 1. The lowest BCUT2D eigenvalue weighted by atomic mass is 10.2. The molecule has 0 saturated carbocycles. The fourth-order valence-corrected chi connectivity index (χ4v) is 2.75. The summed E-state index contributed by atoms with van der Waals surface area (Å²) in [4.78, 5) is 36.2. The zero-order chi connectivity index (χ0) is 19.8. The van der Waals surface area contributed by atoms with Crippen LogP contribution in [-0.2, 0) is 25.7 Å². The minimum Gasteiger partial charge on any atom is -0.489 e. The van der Waals surface area contributed by atoms with Crippen molar-refractivity contribution in [2.45, 2.75) is 19.4 Å². The number of carbonyl (C=O) groups is 3. The van der Waals surface area contributed by atoms with Crippen LogP contribution in [0.3, 0.4) is 0 Å². The monoisotopic (exact) mass is 379 g/mol. The third-order valence-corrected chi connectivity index (χ3v) is 4.25. The number of amides is 2. The molecule has 0 spiro atoms. The van der Waals surface area contributed by atoms with E-state index >= 15 is 0 Å². The molecule has 2 amide bonds. The maximum Gasteiger partial charge on any atom is 0.331 e. The molecule has 0 N–H and O–H groups in total. The van der Waals surface area contributed by atoms with Gasteiger partial charge >= 0.3 is 5.97 Å². The van der Waals surface area contributed by atoms with Crippen molar-refractivity contribution in [2.75, 3.05) is 13.2 Å². The molecule has 2 aromatic rings. The molecule has 3 rings (SSSR count). The van der Waals surface area contributed by atoms with Crippen molar-refractivity contribution in [3.63, 3.8) is 0 Å². The summed E-state index contributed by atoms with van der Waals surface area (Å²) in [6, 6.07) is 17.1. The Kier molecular flexibility index (Phi) is 6.57. The number of ether oxygens (including phenoxy) is 2. The highest BCUT2D eigenvalue weighted by atomic mass is 16.5. The number of hydrogen-bond acceptors (Lipinski definition) is 5. The summed E-state index contributed by atoms with van der Waals surface area (Å²) in [5, 5.41) is 0. The van der Waals surface area contributed by atoms with Gasteiger partial charge in [-0.15, -0.1) is 0 Å². The summed E-state index contributed by atoms with van der Waals surface area (Å²) in [6.07, 6.45) is 3.86. The van der Waals surface area contributed by atoms with Gasteiger partial charge in [-0.1, -0.05) is 42.5 Å². The largest absolute Gasteiger partial charge is 0.489 e. The molecular formula is C22H21NO5.